The maximum absolute atomic E-state index is 15.3. The summed E-state index contributed by atoms with van der Waals surface area (Å²) in [5.41, 5.74) is -2.36. The second-order valence-corrected chi connectivity index (χ2v) is 6.41. The average Bonchev–Trinajstić information content (AvgIpc) is 2.63. The van der Waals surface area contributed by atoms with E-state index in [1.165, 1.54) is 11.9 Å². The lowest BCUT2D eigenvalue weighted by atomic mass is 10.1. The van der Waals surface area contributed by atoms with Crippen LogP contribution in [0, 0.1) is 11.6 Å². The van der Waals surface area contributed by atoms with Crippen molar-refractivity contribution >= 4 is 29.0 Å². The van der Waals surface area contributed by atoms with E-state index in [4.69, 9.17) is 0 Å². The van der Waals surface area contributed by atoms with Crippen molar-refractivity contribution in [2.75, 3.05) is 50.2 Å². The fraction of sp³-hybridized carbons (Fsp3) is 0.353. The van der Waals surface area contributed by atoms with E-state index in [-0.39, 0.29) is 11.2 Å². The maximum Gasteiger partial charge on any atom is 0.341 e. The minimum Gasteiger partial charge on any atom is -0.477 e. The molecule has 0 aliphatic carbocycles. The Morgan fingerprint density at radius 2 is 1.89 bits per heavy atom. The topological polar surface area (TPSA) is 86.1 Å². The number of carboxylic acid groups (broad SMARTS) is 1. The predicted molar refractivity (Wildman–Crippen MR) is 95.0 cm³/mol. The number of hydrogen-bond acceptors (Lipinski definition) is 5. The Kier molecular flexibility index (Phi) is 4.83. The zero-order valence-electron chi connectivity index (χ0n) is 14.8. The summed E-state index contributed by atoms with van der Waals surface area (Å²) >= 11 is 0. The highest BCUT2D eigenvalue weighted by molar-refractivity contribution is 5.94. The van der Waals surface area contributed by atoms with E-state index >= 15 is 4.39 Å². The Bertz CT molecular complexity index is 983. The first kappa shape index (κ1) is 18.8. The smallest absolute Gasteiger partial charge is 0.341 e. The van der Waals surface area contributed by atoms with E-state index in [2.05, 4.69) is 0 Å². The van der Waals surface area contributed by atoms with Crippen LogP contribution in [-0.2, 0) is 4.79 Å². The van der Waals surface area contributed by atoms with Gasteiger partial charge in [0, 0.05) is 39.4 Å². The van der Waals surface area contributed by atoms with Crippen molar-refractivity contribution < 1.29 is 23.5 Å². The highest BCUT2D eigenvalue weighted by Crippen LogP contribution is 2.30. The van der Waals surface area contributed by atoms with Crippen molar-refractivity contribution in [2.24, 2.45) is 0 Å². The summed E-state index contributed by atoms with van der Waals surface area (Å²) in [5, 5.41) is 9.64. The Morgan fingerprint density at radius 3 is 2.44 bits per heavy atom. The van der Waals surface area contributed by atoms with Crippen LogP contribution in [0.25, 0.3) is 10.9 Å². The number of aromatic carboxylic acids is 1. The number of likely N-dealkylation sites (N-methyl/N-ethyl adjacent to an activating group) is 1. The summed E-state index contributed by atoms with van der Waals surface area (Å²) in [7, 11) is 3.16. The molecule has 0 bridgehead atoms. The molecule has 3 rings (SSSR count). The van der Waals surface area contributed by atoms with Gasteiger partial charge in [-0.15, -0.1) is 0 Å². The molecule has 1 aromatic carbocycles. The monoisotopic (exact) mass is 380 g/mol. The lowest BCUT2D eigenvalue weighted by Gasteiger charge is -2.34. The highest BCUT2D eigenvalue weighted by Gasteiger charge is 2.27. The number of pyridine rings is 1. The SMILES string of the molecule is CN1CCN(c2c(F)cc3c(=O)c(C(=O)O)cn(N(C)C=O)c3c2F)CC1. The molecule has 1 aliphatic heterocycles. The molecule has 1 N–H and O–H groups in total. The number of carbonyl (C=O) groups is 2. The number of nitrogens with zero attached hydrogens (tertiary/aromatic N) is 4. The highest BCUT2D eigenvalue weighted by atomic mass is 19.1. The van der Waals surface area contributed by atoms with Crippen molar-refractivity contribution in [1.29, 1.82) is 0 Å². The van der Waals surface area contributed by atoms with Crippen LogP contribution >= 0.6 is 0 Å². The van der Waals surface area contributed by atoms with Crippen molar-refractivity contribution in [3.05, 3.63) is 39.7 Å². The van der Waals surface area contributed by atoms with Gasteiger partial charge in [0.25, 0.3) is 0 Å². The fourth-order valence-electron chi connectivity index (χ4n) is 3.16. The van der Waals surface area contributed by atoms with Crippen LogP contribution in [0.3, 0.4) is 0 Å². The summed E-state index contributed by atoms with van der Waals surface area (Å²) < 4.78 is 31.0. The van der Waals surface area contributed by atoms with Gasteiger partial charge in [-0.3, -0.25) is 19.3 Å². The largest absolute Gasteiger partial charge is 0.477 e. The van der Waals surface area contributed by atoms with Gasteiger partial charge in [-0.25, -0.2) is 13.6 Å². The van der Waals surface area contributed by atoms with E-state index in [0.29, 0.717) is 32.6 Å². The molecule has 0 unspecified atom stereocenters. The Labute approximate surface area is 152 Å². The molecular weight excluding hydrogens is 362 g/mol. The van der Waals surface area contributed by atoms with Crippen LogP contribution in [0.4, 0.5) is 14.5 Å². The van der Waals surface area contributed by atoms with E-state index in [1.807, 2.05) is 11.9 Å². The second-order valence-electron chi connectivity index (χ2n) is 6.41. The molecule has 1 amide bonds. The number of piperazine rings is 1. The number of carboxylic acids is 1. The first-order valence-electron chi connectivity index (χ1n) is 8.18. The number of rotatable bonds is 4. The van der Waals surface area contributed by atoms with Crippen LogP contribution in [0.1, 0.15) is 10.4 Å². The van der Waals surface area contributed by atoms with Gasteiger partial charge in [-0.2, -0.15) is 0 Å². The molecule has 10 heteroatoms. The number of fused-ring (bicyclic) bond motifs is 1. The fourth-order valence-corrected chi connectivity index (χ4v) is 3.16. The summed E-state index contributed by atoms with van der Waals surface area (Å²) in [5.74, 6) is -3.53. The average molecular weight is 380 g/mol. The van der Waals surface area contributed by atoms with Crippen LogP contribution in [-0.4, -0.2) is 67.3 Å². The van der Waals surface area contributed by atoms with E-state index in [1.54, 1.807) is 0 Å². The summed E-state index contributed by atoms with van der Waals surface area (Å²) in [6.45, 7) is 1.99. The quantitative estimate of drug-likeness (QED) is 0.776. The summed E-state index contributed by atoms with van der Waals surface area (Å²) in [6.07, 6.45) is 1.18. The molecule has 0 atom stereocenters. The molecule has 0 saturated carbocycles. The molecule has 144 valence electrons. The molecule has 1 aromatic heterocycles. The zero-order valence-corrected chi connectivity index (χ0v) is 14.8. The summed E-state index contributed by atoms with van der Waals surface area (Å²) in [6, 6.07) is 0.829. The van der Waals surface area contributed by atoms with Crippen molar-refractivity contribution in [3.63, 3.8) is 0 Å². The van der Waals surface area contributed by atoms with Gasteiger partial charge in [-0.1, -0.05) is 0 Å². The lowest BCUT2D eigenvalue weighted by molar-refractivity contribution is -0.108. The van der Waals surface area contributed by atoms with Crippen LogP contribution in [0.15, 0.2) is 17.1 Å². The van der Waals surface area contributed by atoms with E-state index in [9.17, 15) is 23.9 Å². The third-order valence-corrected chi connectivity index (χ3v) is 4.68. The maximum atomic E-state index is 15.3. The molecule has 8 nitrogen and oxygen atoms in total. The molecule has 1 saturated heterocycles. The minimum atomic E-state index is -1.56. The Balaban J connectivity index is 2.33. The normalized spacial score (nSPS) is 15.2. The molecule has 2 heterocycles. The number of halogens is 2. The number of carbonyl (C=O) groups excluding carboxylic acids is 1. The van der Waals surface area contributed by atoms with Crippen LogP contribution in [0.2, 0.25) is 0 Å². The number of hydrogen-bond donors (Lipinski definition) is 1. The molecule has 0 radical (unpaired) electrons. The van der Waals surface area contributed by atoms with Crippen molar-refractivity contribution in [3.8, 4) is 0 Å². The first-order chi connectivity index (χ1) is 12.8. The number of aromatic nitrogens is 1. The molecule has 1 aliphatic rings. The third kappa shape index (κ3) is 3.12. The van der Waals surface area contributed by atoms with Crippen LogP contribution in [0.5, 0.6) is 0 Å². The van der Waals surface area contributed by atoms with Crippen LogP contribution < -0.4 is 15.3 Å². The molecular formula is C17H18F2N4O4. The van der Waals surface area contributed by atoms with E-state index in [0.717, 1.165) is 21.9 Å². The molecule has 27 heavy (non-hydrogen) atoms. The van der Waals surface area contributed by atoms with Gasteiger partial charge in [0.15, 0.2) is 5.82 Å². The lowest BCUT2D eigenvalue weighted by Crippen LogP contribution is -2.45. The van der Waals surface area contributed by atoms with Gasteiger partial charge in [-0.05, 0) is 13.1 Å². The minimum absolute atomic E-state index is 0.300. The number of anilines is 1. The molecule has 1 fully saturated rings. The second kappa shape index (κ2) is 6.95. The van der Waals surface area contributed by atoms with Gasteiger partial charge in [0.05, 0.1) is 5.39 Å². The standard InChI is InChI=1S/C17H18F2N4O4/c1-20-3-5-22(6-4-20)15-12(18)7-10-14(13(15)19)23(21(2)9-24)8-11(16(10)25)17(26)27/h7-9H,3-6H2,1-2H3,(H,26,27). The van der Waals surface area contributed by atoms with Crippen molar-refractivity contribution in [2.45, 2.75) is 0 Å². The van der Waals surface area contributed by atoms with Crippen molar-refractivity contribution in [1.82, 2.24) is 9.58 Å². The van der Waals surface area contributed by atoms with Gasteiger partial charge >= 0.3 is 5.97 Å². The third-order valence-electron chi connectivity index (χ3n) is 4.68. The Morgan fingerprint density at radius 1 is 1.26 bits per heavy atom. The summed E-state index contributed by atoms with van der Waals surface area (Å²) in [4.78, 5) is 38.5. The Hall–Kier alpha value is -3.01. The number of amides is 1. The van der Waals surface area contributed by atoms with Gasteiger partial charge in [0.2, 0.25) is 11.8 Å². The predicted octanol–water partition coefficient (Wildman–Crippen LogP) is 0.454. The number of benzene rings is 1. The van der Waals surface area contributed by atoms with E-state index < -0.39 is 34.0 Å². The van der Waals surface area contributed by atoms with Gasteiger partial charge < -0.3 is 14.9 Å². The molecule has 2 aromatic rings. The van der Waals surface area contributed by atoms with Gasteiger partial charge in [0.1, 0.15) is 22.6 Å². The molecule has 0 spiro atoms. The first-order valence-corrected chi connectivity index (χ1v) is 8.18. The zero-order chi connectivity index (χ0) is 19.9.